The van der Waals surface area contributed by atoms with Crippen LogP contribution in [0.1, 0.15) is 72.1 Å². The lowest BCUT2D eigenvalue weighted by atomic mass is 9.42. The first-order chi connectivity index (χ1) is 17.9. The fraction of sp³-hybridized carbons (Fsp3) is 0.897. The van der Waals surface area contributed by atoms with Crippen LogP contribution in [0.15, 0.2) is 11.6 Å². The number of esters is 1. The Hall–Kier alpha value is -1.07. The van der Waals surface area contributed by atoms with Gasteiger partial charge in [-0.05, 0) is 86.5 Å². The molecule has 0 unspecified atom stereocenters. The van der Waals surface area contributed by atoms with Crippen LogP contribution >= 0.6 is 0 Å². The average molecular weight is 535 g/mol. The molecule has 3 heterocycles. The fourth-order valence-electron chi connectivity index (χ4n) is 10.3. The smallest absolute Gasteiger partial charge is 0.331 e. The second kappa shape index (κ2) is 8.24. The molecule has 7 aliphatic rings. The van der Waals surface area contributed by atoms with E-state index >= 15 is 0 Å². The number of carbonyl (C=O) groups excluding carboxylic acids is 1. The van der Waals surface area contributed by atoms with Crippen LogP contribution in [0.4, 0.5) is 0 Å². The largest absolute Gasteiger partial charge is 0.458 e. The fourth-order valence-corrected chi connectivity index (χ4v) is 10.3. The van der Waals surface area contributed by atoms with Gasteiger partial charge >= 0.3 is 5.97 Å². The Labute approximate surface area is 223 Å². The maximum Gasteiger partial charge on any atom is 0.331 e. The van der Waals surface area contributed by atoms with Crippen molar-refractivity contribution in [1.29, 1.82) is 0 Å². The summed E-state index contributed by atoms with van der Waals surface area (Å²) in [6.45, 7) is 6.48. The number of fused-ring (bicyclic) bond motifs is 7. The molecule has 7 rings (SSSR count). The number of aliphatic hydroxyl groups excluding tert-OH is 2. The first-order valence-electron chi connectivity index (χ1n) is 14.6. The van der Waals surface area contributed by atoms with E-state index in [9.17, 15) is 25.2 Å². The molecule has 38 heavy (non-hydrogen) atoms. The molecule has 4 saturated carbocycles. The number of ether oxygens (including phenoxy) is 4. The van der Waals surface area contributed by atoms with Crippen molar-refractivity contribution in [3.05, 3.63) is 11.6 Å². The van der Waals surface area contributed by atoms with Gasteiger partial charge in [-0.2, -0.15) is 0 Å². The molecule has 0 amide bonds. The van der Waals surface area contributed by atoms with Crippen molar-refractivity contribution in [2.45, 2.75) is 120 Å². The van der Waals surface area contributed by atoms with Gasteiger partial charge in [-0.1, -0.05) is 13.8 Å². The van der Waals surface area contributed by atoms with E-state index in [-0.39, 0.29) is 60.5 Å². The number of aliphatic hydroxyl groups is 4. The topological polar surface area (TPSA) is 135 Å². The molecule has 9 nitrogen and oxygen atoms in total. The van der Waals surface area contributed by atoms with Crippen molar-refractivity contribution < 1.29 is 44.2 Å². The third kappa shape index (κ3) is 3.21. The zero-order chi connectivity index (χ0) is 26.8. The summed E-state index contributed by atoms with van der Waals surface area (Å²) in [5.74, 6) is -1.87. The van der Waals surface area contributed by atoms with Crippen molar-refractivity contribution in [3.63, 3.8) is 0 Å². The van der Waals surface area contributed by atoms with Gasteiger partial charge in [-0.25, -0.2) is 4.79 Å². The quantitative estimate of drug-likeness (QED) is 0.293. The standard InChI is InChI=1S/C29H42O9/c1-14-8-23(31)29(34)25(36-14)37-20-10-16-4-5-18-17(26(16,2)12-21(20)38-29)6-7-27(3)19(11-22(30)28(18,27)33)15-9-24(32)35-13-15/h9,14,16-23,25,30-31,33-34H,4-8,10-13H2,1-3H3/t14-,16+,17+,18-,19-,20-,21-,22-,23+,25+,26+,27-,28-,29+/m1/s1. The highest BCUT2D eigenvalue weighted by molar-refractivity contribution is 5.85. The predicted molar refractivity (Wildman–Crippen MR) is 132 cm³/mol. The minimum Gasteiger partial charge on any atom is -0.458 e. The molecule has 9 heteroatoms. The number of rotatable bonds is 1. The summed E-state index contributed by atoms with van der Waals surface area (Å²) < 4.78 is 23.6. The lowest BCUT2D eigenvalue weighted by Crippen LogP contribution is -2.71. The third-order valence-corrected chi connectivity index (χ3v) is 12.4. The predicted octanol–water partition coefficient (Wildman–Crippen LogP) is 1.79. The lowest BCUT2D eigenvalue weighted by Gasteiger charge is -2.65. The van der Waals surface area contributed by atoms with Gasteiger partial charge < -0.3 is 39.4 Å². The van der Waals surface area contributed by atoms with Crippen LogP contribution in [0.5, 0.6) is 0 Å². The number of cyclic esters (lactones) is 1. The molecule has 14 atom stereocenters. The summed E-state index contributed by atoms with van der Waals surface area (Å²) in [6, 6.07) is 0. The molecule has 6 fully saturated rings. The molecule has 0 spiro atoms. The van der Waals surface area contributed by atoms with Gasteiger partial charge in [0.25, 0.3) is 0 Å². The van der Waals surface area contributed by atoms with Crippen LogP contribution in [0.2, 0.25) is 0 Å². The Morgan fingerprint density at radius 3 is 2.47 bits per heavy atom. The van der Waals surface area contributed by atoms with Crippen LogP contribution in [0, 0.1) is 34.5 Å². The SMILES string of the molecule is C[C@@H]1C[C@H](O)[C@]2(O)O[C@@H]3C[C@@]4(C)[C@@H](CC[C@@H]5[C@@H]4CC[C@]4(C)[C@@H](C6=CC(=O)OC6)C[C@@H](O)[C@]54O)C[C@H]3O[C@@H]2O1. The summed E-state index contributed by atoms with van der Waals surface area (Å²) in [4.78, 5) is 11.8. The number of hydrogen-bond donors (Lipinski definition) is 4. The van der Waals surface area contributed by atoms with Gasteiger partial charge in [-0.3, -0.25) is 0 Å². The van der Waals surface area contributed by atoms with Crippen LogP contribution in [-0.4, -0.2) is 81.2 Å². The summed E-state index contributed by atoms with van der Waals surface area (Å²) in [5, 5.41) is 45.9. The van der Waals surface area contributed by atoms with Crippen LogP contribution in [0.25, 0.3) is 0 Å². The average Bonchev–Trinajstić information content (AvgIpc) is 3.36. The Balaban J connectivity index is 1.17. The van der Waals surface area contributed by atoms with Crippen molar-refractivity contribution >= 4 is 5.97 Å². The Morgan fingerprint density at radius 2 is 1.74 bits per heavy atom. The minimum atomic E-state index is -1.89. The summed E-state index contributed by atoms with van der Waals surface area (Å²) in [7, 11) is 0. The van der Waals surface area contributed by atoms with Crippen LogP contribution in [-0.2, 0) is 23.7 Å². The second-order valence-corrected chi connectivity index (χ2v) is 14.0. The van der Waals surface area contributed by atoms with E-state index < -0.39 is 35.3 Å². The Morgan fingerprint density at radius 1 is 0.947 bits per heavy atom. The van der Waals surface area contributed by atoms with E-state index in [0.717, 1.165) is 37.7 Å². The molecule has 4 aliphatic carbocycles. The van der Waals surface area contributed by atoms with Crippen molar-refractivity contribution in [1.82, 2.24) is 0 Å². The van der Waals surface area contributed by atoms with Crippen molar-refractivity contribution in [3.8, 4) is 0 Å². The van der Waals surface area contributed by atoms with E-state index in [1.807, 2.05) is 6.92 Å². The first kappa shape index (κ1) is 25.9. The molecule has 2 saturated heterocycles. The molecule has 3 aliphatic heterocycles. The highest BCUT2D eigenvalue weighted by Crippen LogP contribution is 2.70. The normalized spacial score (nSPS) is 59.6. The summed E-state index contributed by atoms with van der Waals surface area (Å²) in [5.41, 5.74) is -1.08. The van der Waals surface area contributed by atoms with Gasteiger partial charge in [0, 0.05) is 17.9 Å². The first-order valence-corrected chi connectivity index (χ1v) is 14.6. The summed E-state index contributed by atoms with van der Waals surface area (Å²) in [6.07, 6.45) is 3.29. The molecule has 0 aromatic carbocycles. The molecule has 0 aromatic rings. The third-order valence-electron chi connectivity index (χ3n) is 12.4. The molecule has 0 bridgehead atoms. The number of carbonyl (C=O) groups is 1. The monoisotopic (exact) mass is 534 g/mol. The van der Waals surface area contributed by atoms with Gasteiger partial charge in [0.1, 0.15) is 12.7 Å². The maximum atomic E-state index is 12.5. The molecular formula is C29H42O9. The van der Waals surface area contributed by atoms with Gasteiger partial charge in [0.15, 0.2) is 0 Å². The Bertz CT molecular complexity index is 1050. The molecule has 212 valence electrons. The number of hydrogen-bond acceptors (Lipinski definition) is 9. The van der Waals surface area contributed by atoms with Crippen molar-refractivity contribution in [2.75, 3.05) is 6.61 Å². The van der Waals surface area contributed by atoms with Crippen LogP contribution in [0.3, 0.4) is 0 Å². The zero-order valence-corrected chi connectivity index (χ0v) is 22.5. The molecule has 0 aromatic heterocycles. The van der Waals surface area contributed by atoms with E-state index in [0.29, 0.717) is 18.8 Å². The Kier molecular flexibility index (Phi) is 5.61. The summed E-state index contributed by atoms with van der Waals surface area (Å²) >= 11 is 0. The lowest BCUT2D eigenvalue weighted by molar-refractivity contribution is -0.458. The zero-order valence-electron chi connectivity index (χ0n) is 22.5. The molecular weight excluding hydrogens is 492 g/mol. The van der Waals surface area contributed by atoms with Gasteiger partial charge in [-0.15, -0.1) is 0 Å². The molecule has 4 N–H and O–H groups in total. The van der Waals surface area contributed by atoms with E-state index in [4.69, 9.17) is 18.9 Å². The van der Waals surface area contributed by atoms with Gasteiger partial charge in [0.05, 0.1) is 30.0 Å². The van der Waals surface area contributed by atoms with E-state index in [1.165, 1.54) is 0 Å². The van der Waals surface area contributed by atoms with Crippen molar-refractivity contribution in [2.24, 2.45) is 34.5 Å². The highest BCUT2D eigenvalue weighted by atomic mass is 16.8. The molecule has 0 radical (unpaired) electrons. The van der Waals surface area contributed by atoms with Crippen LogP contribution < -0.4 is 0 Å². The maximum absolute atomic E-state index is 12.5. The second-order valence-electron chi connectivity index (χ2n) is 14.0. The van der Waals surface area contributed by atoms with Gasteiger partial charge in [0.2, 0.25) is 12.1 Å². The van der Waals surface area contributed by atoms with E-state index in [2.05, 4.69) is 13.8 Å². The highest BCUT2D eigenvalue weighted by Gasteiger charge is 2.72. The van der Waals surface area contributed by atoms with E-state index in [1.54, 1.807) is 6.08 Å². The minimum absolute atomic E-state index is 0.0810.